The molecular formula is C13H17BrN2OS. The van der Waals surface area contributed by atoms with Crippen LogP contribution in [0.15, 0.2) is 15.9 Å². The monoisotopic (exact) mass is 328 g/mol. The van der Waals surface area contributed by atoms with Gasteiger partial charge in [-0.2, -0.15) is 0 Å². The van der Waals surface area contributed by atoms with Crippen molar-refractivity contribution in [1.29, 1.82) is 0 Å². The van der Waals surface area contributed by atoms with E-state index in [1.54, 1.807) is 0 Å². The molecule has 2 unspecified atom stereocenters. The van der Waals surface area contributed by atoms with Crippen LogP contribution in [0.4, 0.5) is 0 Å². The van der Waals surface area contributed by atoms with Crippen LogP contribution in [-0.4, -0.2) is 36.0 Å². The Morgan fingerprint density at radius 3 is 2.67 bits per heavy atom. The van der Waals surface area contributed by atoms with Crippen molar-refractivity contribution in [3.63, 3.8) is 0 Å². The number of nitrogens with zero attached hydrogens (tertiary/aromatic N) is 1. The van der Waals surface area contributed by atoms with Crippen LogP contribution < -0.4 is 5.32 Å². The average Bonchev–Trinajstić information content (AvgIpc) is 2.93. The summed E-state index contributed by atoms with van der Waals surface area (Å²) in [7, 11) is 1.95. The van der Waals surface area contributed by atoms with Crippen LogP contribution in [0.3, 0.4) is 0 Å². The molecule has 2 aliphatic heterocycles. The second-order valence-corrected chi connectivity index (χ2v) is 7.05. The van der Waals surface area contributed by atoms with Gasteiger partial charge in [0.25, 0.3) is 5.91 Å². The second-order valence-electron chi connectivity index (χ2n) is 5.28. The van der Waals surface area contributed by atoms with E-state index in [2.05, 4.69) is 21.2 Å². The average molecular weight is 329 g/mol. The first-order valence-corrected chi connectivity index (χ1v) is 8.08. The van der Waals surface area contributed by atoms with E-state index in [-0.39, 0.29) is 5.91 Å². The molecule has 3 rings (SSSR count). The Labute approximate surface area is 120 Å². The van der Waals surface area contributed by atoms with Gasteiger partial charge in [0, 0.05) is 29.6 Å². The number of amides is 1. The molecule has 0 saturated carbocycles. The van der Waals surface area contributed by atoms with Gasteiger partial charge in [0.15, 0.2) is 0 Å². The van der Waals surface area contributed by atoms with Crippen LogP contribution in [-0.2, 0) is 0 Å². The molecule has 0 aromatic carbocycles. The Bertz CT molecular complexity index is 450. The van der Waals surface area contributed by atoms with Gasteiger partial charge < -0.3 is 10.2 Å². The molecular weight excluding hydrogens is 312 g/mol. The van der Waals surface area contributed by atoms with Crippen LogP contribution in [0.5, 0.6) is 0 Å². The third kappa shape index (κ3) is 2.24. The lowest BCUT2D eigenvalue weighted by molar-refractivity contribution is 0.0686. The number of piperidine rings is 1. The number of carbonyl (C=O) groups is 1. The molecule has 1 N–H and O–H groups in total. The quantitative estimate of drug-likeness (QED) is 0.905. The molecule has 1 amide bonds. The summed E-state index contributed by atoms with van der Waals surface area (Å²) in [6.45, 7) is 0. The van der Waals surface area contributed by atoms with Crippen LogP contribution >= 0.6 is 27.3 Å². The van der Waals surface area contributed by atoms with Crippen molar-refractivity contribution in [3.8, 4) is 0 Å². The topological polar surface area (TPSA) is 32.3 Å². The van der Waals surface area contributed by atoms with E-state index in [0.29, 0.717) is 18.1 Å². The summed E-state index contributed by atoms with van der Waals surface area (Å²) in [5.74, 6) is 0.156. The van der Waals surface area contributed by atoms with Crippen LogP contribution in [0.2, 0.25) is 0 Å². The number of hydrogen-bond acceptors (Lipinski definition) is 3. The Balaban J connectivity index is 1.73. The van der Waals surface area contributed by atoms with Gasteiger partial charge >= 0.3 is 0 Å². The van der Waals surface area contributed by atoms with Crippen LogP contribution in [0.25, 0.3) is 0 Å². The lowest BCUT2D eigenvalue weighted by Crippen LogP contribution is -2.48. The second kappa shape index (κ2) is 4.94. The van der Waals surface area contributed by atoms with Crippen molar-refractivity contribution in [2.45, 2.75) is 43.8 Å². The van der Waals surface area contributed by atoms with Crippen molar-refractivity contribution >= 4 is 33.2 Å². The highest BCUT2D eigenvalue weighted by Gasteiger charge is 2.36. The number of fused-ring (bicyclic) bond motifs is 2. The van der Waals surface area contributed by atoms with Gasteiger partial charge in [-0.05, 0) is 53.1 Å². The molecule has 5 heteroatoms. The molecule has 2 atom stereocenters. The normalized spacial score (nSPS) is 30.4. The third-order valence-corrected chi connectivity index (χ3v) is 5.95. The highest BCUT2D eigenvalue weighted by molar-refractivity contribution is 9.10. The van der Waals surface area contributed by atoms with Gasteiger partial charge in [-0.25, -0.2) is 0 Å². The zero-order valence-electron chi connectivity index (χ0n) is 10.4. The summed E-state index contributed by atoms with van der Waals surface area (Å²) in [5.41, 5.74) is 0. The van der Waals surface area contributed by atoms with Crippen LogP contribution in [0.1, 0.15) is 35.4 Å². The molecule has 0 spiro atoms. The summed E-state index contributed by atoms with van der Waals surface area (Å²) < 4.78 is 0.918. The molecule has 0 aliphatic carbocycles. The van der Waals surface area contributed by atoms with Gasteiger partial charge in [0.1, 0.15) is 4.88 Å². The summed E-state index contributed by atoms with van der Waals surface area (Å²) >= 11 is 4.96. The van der Waals surface area contributed by atoms with E-state index in [9.17, 15) is 4.79 Å². The first kappa shape index (κ1) is 12.6. The Hall–Kier alpha value is -0.390. The largest absolute Gasteiger partial charge is 0.338 e. The van der Waals surface area contributed by atoms with Crippen molar-refractivity contribution in [3.05, 3.63) is 20.8 Å². The fourth-order valence-corrected chi connectivity index (χ4v) is 4.64. The van der Waals surface area contributed by atoms with Crippen molar-refractivity contribution < 1.29 is 4.79 Å². The minimum absolute atomic E-state index is 0.156. The highest BCUT2D eigenvalue weighted by atomic mass is 79.9. The minimum Gasteiger partial charge on any atom is -0.338 e. The fraction of sp³-hybridized carbons (Fsp3) is 0.615. The molecule has 1 aromatic heterocycles. The smallest absolute Gasteiger partial charge is 0.265 e. The van der Waals surface area contributed by atoms with E-state index >= 15 is 0 Å². The van der Waals surface area contributed by atoms with E-state index in [1.807, 2.05) is 23.4 Å². The SMILES string of the molecule is CN(C(=O)c1sccc1Br)C1CC2CCC(C1)N2. The molecule has 2 aliphatic rings. The molecule has 2 bridgehead atoms. The number of halogens is 1. The van der Waals surface area contributed by atoms with Gasteiger partial charge in [-0.1, -0.05) is 0 Å². The number of carbonyl (C=O) groups excluding carboxylic acids is 1. The van der Waals surface area contributed by atoms with Crippen molar-refractivity contribution in [1.82, 2.24) is 10.2 Å². The molecule has 0 radical (unpaired) electrons. The lowest BCUT2D eigenvalue weighted by Gasteiger charge is -2.35. The van der Waals surface area contributed by atoms with Crippen LogP contribution in [0, 0.1) is 0 Å². The number of thiophene rings is 1. The zero-order valence-corrected chi connectivity index (χ0v) is 12.8. The standard InChI is InChI=1S/C13H17BrN2OS/c1-16(13(17)12-11(14)4-5-18-12)10-6-8-2-3-9(7-10)15-8/h4-5,8-10,15H,2-3,6-7H2,1H3. The summed E-state index contributed by atoms with van der Waals surface area (Å²) in [6.07, 6.45) is 4.74. The number of rotatable bonds is 2. The summed E-state index contributed by atoms with van der Waals surface area (Å²) in [6, 6.07) is 3.58. The molecule has 2 fully saturated rings. The molecule has 18 heavy (non-hydrogen) atoms. The Morgan fingerprint density at radius 2 is 2.11 bits per heavy atom. The first-order valence-electron chi connectivity index (χ1n) is 6.41. The zero-order chi connectivity index (χ0) is 12.7. The number of nitrogens with one attached hydrogen (secondary N) is 1. The maximum atomic E-state index is 12.4. The van der Waals surface area contributed by atoms with E-state index in [0.717, 1.165) is 22.2 Å². The summed E-state index contributed by atoms with van der Waals surface area (Å²) in [5, 5.41) is 5.57. The number of hydrogen-bond donors (Lipinski definition) is 1. The molecule has 1 aromatic rings. The van der Waals surface area contributed by atoms with Crippen molar-refractivity contribution in [2.24, 2.45) is 0 Å². The Morgan fingerprint density at radius 1 is 1.44 bits per heavy atom. The van der Waals surface area contributed by atoms with Crippen molar-refractivity contribution in [2.75, 3.05) is 7.05 Å². The van der Waals surface area contributed by atoms with E-state index < -0.39 is 0 Å². The minimum atomic E-state index is 0.156. The first-order chi connectivity index (χ1) is 8.65. The summed E-state index contributed by atoms with van der Waals surface area (Å²) in [4.78, 5) is 15.2. The maximum Gasteiger partial charge on any atom is 0.265 e. The molecule has 3 heterocycles. The molecule has 2 saturated heterocycles. The highest BCUT2D eigenvalue weighted by Crippen LogP contribution is 2.31. The van der Waals surface area contributed by atoms with Gasteiger partial charge in [-0.15, -0.1) is 11.3 Å². The third-order valence-electron chi connectivity index (χ3n) is 4.13. The molecule has 98 valence electrons. The fourth-order valence-electron chi connectivity index (χ4n) is 3.12. The maximum absolute atomic E-state index is 12.4. The predicted molar refractivity (Wildman–Crippen MR) is 77.1 cm³/mol. The van der Waals surface area contributed by atoms with E-state index in [1.165, 1.54) is 24.2 Å². The van der Waals surface area contributed by atoms with Gasteiger partial charge in [0.05, 0.1) is 0 Å². The lowest BCUT2D eigenvalue weighted by atomic mass is 9.98. The predicted octanol–water partition coefficient (Wildman–Crippen LogP) is 2.87. The van der Waals surface area contributed by atoms with E-state index in [4.69, 9.17) is 0 Å². The van der Waals surface area contributed by atoms with Gasteiger partial charge in [-0.3, -0.25) is 4.79 Å². The van der Waals surface area contributed by atoms with Gasteiger partial charge in [0.2, 0.25) is 0 Å². The Kier molecular flexibility index (Phi) is 3.47. The molecule has 3 nitrogen and oxygen atoms in total.